The lowest BCUT2D eigenvalue weighted by atomic mass is 10.0. The lowest BCUT2D eigenvalue weighted by Gasteiger charge is -2.35. The molecule has 0 radical (unpaired) electrons. The number of rotatable bonds is 3. The molecule has 1 fully saturated rings. The molecular weight excluding hydrogens is 222 g/mol. The van der Waals surface area contributed by atoms with Crippen molar-refractivity contribution in [2.45, 2.75) is 30.3 Å². The first-order valence-electron chi connectivity index (χ1n) is 5.58. The SMILES string of the molecule is CSc1cc(N2CCCCC2CO)ncn1. The third-order valence-electron chi connectivity index (χ3n) is 2.97. The second-order valence-corrected chi connectivity index (χ2v) is 4.77. The largest absolute Gasteiger partial charge is 0.394 e. The Morgan fingerprint density at radius 2 is 2.38 bits per heavy atom. The number of aliphatic hydroxyl groups is 1. The van der Waals surface area contributed by atoms with Gasteiger partial charge >= 0.3 is 0 Å². The molecule has 1 aliphatic rings. The van der Waals surface area contributed by atoms with Gasteiger partial charge in [-0.1, -0.05) is 0 Å². The minimum Gasteiger partial charge on any atom is -0.394 e. The van der Waals surface area contributed by atoms with Crippen molar-refractivity contribution in [2.75, 3.05) is 24.3 Å². The van der Waals surface area contributed by atoms with Crippen LogP contribution < -0.4 is 4.90 Å². The van der Waals surface area contributed by atoms with Gasteiger partial charge in [0.2, 0.25) is 0 Å². The van der Waals surface area contributed by atoms with Crippen molar-refractivity contribution < 1.29 is 5.11 Å². The van der Waals surface area contributed by atoms with Crippen molar-refractivity contribution in [1.29, 1.82) is 0 Å². The van der Waals surface area contributed by atoms with Crippen molar-refractivity contribution in [1.82, 2.24) is 9.97 Å². The van der Waals surface area contributed by atoms with E-state index in [1.54, 1.807) is 18.1 Å². The number of aliphatic hydroxyl groups excluding tert-OH is 1. The molecule has 1 aromatic heterocycles. The predicted octanol–water partition coefficient (Wildman–Crippen LogP) is 1.55. The fourth-order valence-corrected chi connectivity index (χ4v) is 2.47. The van der Waals surface area contributed by atoms with Crippen molar-refractivity contribution in [2.24, 2.45) is 0 Å². The van der Waals surface area contributed by atoms with E-state index in [9.17, 15) is 5.11 Å². The molecule has 4 nitrogen and oxygen atoms in total. The minimum absolute atomic E-state index is 0.207. The van der Waals surface area contributed by atoms with Crippen LogP contribution in [0.4, 0.5) is 5.82 Å². The van der Waals surface area contributed by atoms with Crippen LogP contribution in [0.3, 0.4) is 0 Å². The number of piperidine rings is 1. The van der Waals surface area contributed by atoms with Gasteiger partial charge in [0.15, 0.2) is 0 Å². The van der Waals surface area contributed by atoms with Gasteiger partial charge in [-0.25, -0.2) is 9.97 Å². The van der Waals surface area contributed by atoms with E-state index in [0.717, 1.165) is 23.8 Å². The summed E-state index contributed by atoms with van der Waals surface area (Å²) < 4.78 is 0. The first-order valence-corrected chi connectivity index (χ1v) is 6.81. The molecule has 16 heavy (non-hydrogen) atoms. The molecule has 1 unspecified atom stereocenters. The van der Waals surface area contributed by atoms with Gasteiger partial charge in [0, 0.05) is 12.6 Å². The zero-order valence-electron chi connectivity index (χ0n) is 9.46. The highest BCUT2D eigenvalue weighted by Crippen LogP contribution is 2.24. The van der Waals surface area contributed by atoms with E-state index in [2.05, 4.69) is 14.9 Å². The molecule has 0 aliphatic carbocycles. The normalized spacial score (nSPS) is 21.1. The maximum Gasteiger partial charge on any atom is 0.133 e. The monoisotopic (exact) mass is 239 g/mol. The van der Waals surface area contributed by atoms with Crippen LogP contribution >= 0.6 is 11.8 Å². The number of hydrogen-bond acceptors (Lipinski definition) is 5. The lowest BCUT2D eigenvalue weighted by molar-refractivity contribution is 0.239. The second kappa shape index (κ2) is 5.50. The summed E-state index contributed by atoms with van der Waals surface area (Å²) in [5, 5.41) is 10.3. The molecule has 0 bridgehead atoms. The molecule has 1 N–H and O–H groups in total. The first-order chi connectivity index (χ1) is 7.85. The van der Waals surface area contributed by atoms with Crippen LogP contribution in [0.2, 0.25) is 0 Å². The van der Waals surface area contributed by atoms with E-state index in [0.29, 0.717) is 0 Å². The Balaban J connectivity index is 2.20. The third kappa shape index (κ3) is 2.47. The van der Waals surface area contributed by atoms with Crippen molar-refractivity contribution >= 4 is 17.6 Å². The maximum atomic E-state index is 9.36. The molecule has 1 atom stereocenters. The Morgan fingerprint density at radius 1 is 1.50 bits per heavy atom. The summed E-state index contributed by atoms with van der Waals surface area (Å²) in [5.41, 5.74) is 0. The third-order valence-corrected chi connectivity index (χ3v) is 3.61. The fraction of sp³-hybridized carbons (Fsp3) is 0.636. The summed E-state index contributed by atoms with van der Waals surface area (Å²) in [6.45, 7) is 1.19. The molecule has 1 saturated heterocycles. The first kappa shape index (κ1) is 11.7. The molecule has 88 valence electrons. The molecule has 1 aliphatic heterocycles. The van der Waals surface area contributed by atoms with Crippen LogP contribution in [0.1, 0.15) is 19.3 Å². The summed E-state index contributed by atoms with van der Waals surface area (Å²) >= 11 is 1.62. The topological polar surface area (TPSA) is 49.2 Å². The van der Waals surface area contributed by atoms with Gasteiger partial charge < -0.3 is 10.0 Å². The summed E-state index contributed by atoms with van der Waals surface area (Å²) in [6.07, 6.45) is 7.03. The summed E-state index contributed by atoms with van der Waals surface area (Å²) in [7, 11) is 0. The molecule has 0 aromatic carbocycles. The molecular formula is C11H17N3OS. The van der Waals surface area contributed by atoms with Crippen LogP contribution in [-0.4, -0.2) is 40.5 Å². The smallest absolute Gasteiger partial charge is 0.133 e. The average molecular weight is 239 g/mol. The number of aromatic nitrogens is 2. The van der Waals surface area contributed by atoms with Gasteiger partial charge in [-0.2, -0.15) is 0 Å². The molecule has 1 aromatic rings. The Labute approximate surface area is 100 Å². The summed E-state index contributed by atoms with van der Waals surface area (Å²) in [5.74, 6) is 0.943. The Bertz CT molecular complexity index is 348. The average Bonchev–Trinajstić information content (AvgIpc) is 2.38. The van der Waals surface area contributed by atoms with E-state index in [1.807, 2.05) is 12.3 Å². The van der Waals surface area contributed by atoms with Gasteiger partial charge in [0.05, 0.1) is 12.6 Å². The highest BCUT2D eigenvalue weighted by atomic mass is 32.2. The van der Waals surface area contributed by atoms with E-state index in [-0.39, 0.29) is 12.6 Å². The van der Waals surface area contributed by atoms with Gasteiger partial charge in [-0.05, 0) is 25.5 Å². The summed E-state index contributed by atoms with van der Waals surface area (Å²) in [6, 6.07) is 2.22. The van der Waals surface area contributed by atoms with Crippen LogP contribution in [0.5, 0.6) is 0 Å². The van der Waals surface area contributed by atoms with Gasteiger partial charge in [0.1, 0.15) is 17.2 Å². The Hall–Kier alpha value is -0.810. The highest BCUT2D eigenvalue weighted by molar-refractivity contribution is 7.98. The minimum atomic E-state index is 0.207. The Morgan fingerprint density at radius 3 is 3.12 bits per heavy atom. The molecule has 2 rings (SSSR count). The second-order valence-electron chi connectivity index (χ2n) is 3.94. The number of hydrogen-bond donors (Lipinski definition) is 1. The van der Waals surface area contributed by atoms with Crippen LogP contribution in [-0.2, 0) is 0 Å². The van der Waals surface area contributed by atoms with E-state index >= 15 is 0 Å². The predicted molar refractivity (Wildman–Crippen MR) is 65.9 cm³/mol. The summed E-state index contributed by atoms with van der Waals surface area (Å²) in [4.78, 5) is 10.7. The van der Waals surface area contributed by atoms with Gasteiger partial charge in [0.25, 0.3) is 0 Å². The highest BCUT2D eigenvalue weighted by Gasteiger charge is 2.22. The van der Waals surface area contributed by atoms with E-state index < -0.39 is 0 Å². The lowest BCUT2D eigenvalue weighted by Crippen LogP contribution is -2.42. The zero-order valence-corrected chi connectivity index (χ0v) is 10.3. The quantitative estimate of drug-likeness (QED) is 0.640. The van der Waals surface area contributed by atoms with Gasteiger partial charge in [-0.3, -0.25) is 0 Å². The zero-order chi connectivity index (χ0) is 11.4. The molecule has 0 spiro atoms. The molecule has 0 amide bonds. The van der Waals surface area contributed by atoms with Gasteiger partial charge in [-0.15, -0.1) is 11.8 Å². The molecule has 5 heteroatoms. The fourth-order valence-electron chi connectivity index (χ4n) is 2.09. The number of nitrogens with zero attached hydrogens (tertiary/aromatic N) is 3. The molecule has 0 saturated carbocycles. The molecule has 2 heterocycles. The van der Waals surface area contributed by atoms with Crippen LogP contribution in [0.15, 0.2) is 17.4 Å². The van der Waals surface area contributed by atoms with Crippen LogP contribution in [0, 0.1) is 0 Å². The van der Waals surface area contributed by atoms with E-state index in [4.69, 9.17) is 0 Å². The number of anilines is 1. The van der Waals surface area contributed by atoms with Crippen LogP contribution in [0.25, 0.3) is 0 Å². The van der Waals surface area contributed by atoms with Crippen molar-refractivity contribution in [3.8, 4) is 0 Å². The standard InChI is InChI=1S/C11H17N3OS/c1-16-11-6-10(12-8-13-11)14-5-3-2-4-9(14)7-15/h6,8-9,15H,2-5,7H2,1H3. The van der Waals surface area contributed by atoms with E-state index in [1.165, 1.54) is 12.8 Å². The maximum absolute atomic E-state index is 9.36. The number of thioether (sulfide) groups is 1. The van der Waals surface area contributed by atoms with Crippen molar-refractivity contribution in [3.63, 3.8) is 0 Å². The van der Waals surface area contributed by atoms with Crippen molar-refractivity contribution in [3.05, 3.63) is 12.4 Å². The Kier molecular flexibility index (Phi) is 4.01.